The molecule has 2 amide bonds. The molecule has 4 rings (SSSR count). The molecule has 2 saturated heterocycles. The van der Waals surface area contributed by atoms with Crippen LogP contribution in [-0.4, -0.2) is 30.4 Å². The van der Waals surface area contributed by atoms with Crippen LogP contribution < -0.4 is 15.5 Å². The van der Waals surface area contributed by atoms with Crippen LogP contribution in [0.4, 0.5) is 14.5 Å². The predicted molar refractivity (Wildman–Crippen MR) is 97.2 cm³/mol. The first-order valence-electron chi connectivity index (χ1n) is 9.30. The molecule has 3 aliphatic rings. The average molecular weight is 375 g/mol. The van der Waals surface area contributed by atoms with Crippen LogP contribution in [0.1, 0.15) is 51.0 Å². The Kier molecular flexibility index (Phi) is 4.20. The number of allylic oxidation sites excluding steroid dienone is 2. The highest BCUT2D eigenvalue weighted by Gasteiger charge is 2.40. The van der Waals surface area contributed by atoms with E-state index in [-0.39, 0.29) is 17.4 Å². The van der Waals surface area contributed by atoms with Crippen LogP contribution in [0.5, 0.6) is 0 Å². The molecular formula is C20H23F2N3O2. The maximum Gasteiger partial charge on any atom is 0.231 e. The molecule has 1 atom stereocenters. The van der Waals surface area contributed by atoms with E-state index in [1.165, 1.54) is 24.6 Å². The number of nitrogens with zero attached hydrogens (tertiary/aromatic N) is 1. The predicted octanol–water partition coefficient (Wildman–Crippen LogP) is 2.72. The van der Waals surface area contributed by atoms with Gasteiger partial charge in [0.15, 0.2) is 0 Å². The minimum Gasteiger partial charge on any atom is -0.367 e. The van der Waals surface area contributed by atoms with Gasteiger partial charge >= 0.3 is 0 Å². The highest BCUT2D eigenvalue weighted by atomic mass is 19.1. The normalized spacial score (nSPS) is 23.6. The first-order chi connectivity index (χ1) is 12.8. The number of hydrogen-bond acceptors (Lipinski definition) is 3. The molecule has 1 unspecified atom stereocenters. The highest BCUT2D eigenvalue weighted by molar-refractivity contribution is 5.86. The van der Waals surface area contributed by atoms with E-state index in [9.17, 15) is 18.4 Å². The van der Waals surface area contributed by atoms with E-state index in [4.69, 9.17) is 0 Å². The molecule has 144 valence electrons. The molecule has 2 N–H and O–H groups in total. The number of piperidine rings is 1. The van der Waals surface area contributed by atoms with Gasteiger partial charge in [0.2, 0.25) is 11.8 Å². The van der Waals surface area contributed by atoms with E-state index in [1.807, 2.05) is 11.8 Å². The highest BCUT2D eigenvalue weighted by Crippen LogP contribution is 2.39. The first-order valence-corrected chi connectivity index (χ1v) is 9.30. The van der Waals surface area contributed by atoms with E-state index in [1.54, 1.807) is 0 Å². The summed E-state index contributed by atoms with van der Waals surface area (Å²) >= 11 is 0. The second kappa shape index (κ2) is 6.32. The minimum atomic E-state index is -0.803. The third-order valence-electron chi connectivity index (χ3n) is 5.54. The van der Waals surface area contributed by atoms with Gasteiger partial charge in [0.1, 0.15) is 11.6 Å². The van der Waals surface area contributed by atoms with Crippen molar-refractivity contribution >= 4 is 17.5 Å². The lowest BCUT2D eigenvalue weighted by Crippen LogP contribution is -2.68. The smallest absolute Gasteiger partial charge is 0.231 e. The average Bonchev–Trinajstić information content (AvgIpc) is 3.37. The Balaban J connectivity index is 1.51. The molecular weight excluding hydrogens is 352 g/mol. The molecule has 1 aromatic carbocycles. The molecule has 0 aromatic heterocycles. The number of halogens is 2. The van der Waals surface area contributed by atoms with E-state index < -0.39 is 23.1 Å². The van der Waals surface area contributed by atoms with Crippen LogP contribution in [0.2, 0.25) is 0 Å². The zero-order valence-electron chi connectivity index (χ0n) is 15.5. The molecule has 0 radical (unpaired) electrons. The fourth-order valence-electron chi connectivity index (χ4n) is 4.19. The number of carbonyl (C=O) groups is 2. The molecule has 0 bridgehead atoms. The number of benzene rings is 1. The molecule has 7 heteroatoms. The fourth-order valence-corrected chi connectivity index (χ4v) is 4.19. The summed E-state index contributed by atoms with van der Waals surface area (Å²) in [4.78, 5) is 25.4. The summed E-state index contributed by atoms with van der Waals surface area (Å²) in [7, 11) is 0. The van der Waals surface area contributed by atoms with E-state index in [0.717, 1.165) is 18.5 Å². The van der Waals surface area contributed by atoms with Crippen molar-refractivity contribution < 1.29 is 18.4 Å². The van der Waals surface area contributed by atoms with Crippen LogP contribution in [-0.2, 0) is 9.59 Å². The number of hydrogen-bond donors (Lipinski definition) is 2. The molecule has 5 nitrogen and oxygen atoms in total. The second-order valence-electron chi connectivity index (χ2n) is 8.08. The van der Waals surface area contributed by atoms with Crippen LogP contribution in [0.3, 0.4) is 0 Å². The van der Waals surface area contributed by atoms with E-state index >= 15 is 0 Å². The standard InChI is InChI=1S/C20H23F2N3O2/c1-11(26)24-20(2)9-25(10-20)13-7-15(21)18(16(22)8-13)14-5-6-17(12-3-4-12)23-19(14)27/h7-8,14H,3-6,9-10H2,1-2H3,(H,23,27)(H,24,26). The number of nitrogens with one attached hydrogen (secondary N) is 2. The maximum absolute atomic E-state index is 14.7. The van der Waals surface area contributed by atoms with Gasteiger partial charge in [-0.2, -0.15) is 0 Å². The van der Waals surface area contributed by atoms with Gasteiger partial charge in [0, 0.05) is 37.0 Å². The molecule has 3 fully saturated rings. The summed E-state index contributed by atoms with van der Waals surface area (Å²) in [5.41, 5.74) is 2.06. The number of anilines is 1. The maximum atomic E-state index is 14.7. The van der Waals surface area contributed by atoms with Crippen LogP contribution in [0.15, 0.2) is 23.4 Å². The SMILES string of the molecule is CC(=O)NC1(C)CN(c2cc(F)c(C3CCC(=C4CC4)NC3=O)c(F)c2)C1. The number of amides is 2. The van der Waals surface area contributed by atoms with Gasteiger partial charge in [-0.3, -0.25) is 9.59 Å². The third kappa shape index (κ3) is 3.42. The van der Waals surface area contributed by atoms with Gasteiger partial charge in [0.25, 0.3) is 0 Å². The summed E-state index contributed by atoms with van der Waals surface area (Å²) in [6, 6.07) is 2.57. The van der Waals surface area contributed by atoms with Gasteiger partial charge in [-0.05, 0) is 44.7 Å². The van der Waals surface area contributed by atoms with Gasteiger partial charge in [-0.1, -0.05) is 5.57 Å². The minimum absolute atomic E-state index is 0.131. The Hall–Kier alpha value is -2.44. The monoisotopic (exact) mass is 375 g/mol. The summed E-state index contributed by atoms with van der Waals surface area (Å²) in [5, 5.41) is 5.67. The molecule has 1 saturated carbocycles. The Morgan fingerprint density at radius 1 is 1.22 bits per heavy atom. The second-order valence-corrected chi connectivity index (χ2v) is 8.08. The molecule has 0 spiro atoms. The van der Waals surface area contributed by atoms with Crippen molar-refractivity contribution in [1.82, 2.24) is 10.6 Å². The summed E-state index contributed by atoms with van der Waals surface area (Å²) in [6.45, 7) is 4.30. The third-order valence-corrected chi connectivity index (χ3v) is 5.54. The lowest BCUT2D eigenvalue weighted by atomic mass is 9.87. The summed E-state index contributed by atoms with van der Waals surface area (Å²) in [5.74, 6) is -2.65. The zero-order valence-corrected chi connectivity index (χ0v) is 15.5. The Morgan fingerprint density at radius 2 is 1.85 bits per heavy atom. The zero-order chi connectivity index (χ0) is 19.3. The molecule has 1 aromatic rings. The molecule has 2 aliphatic heterocycles. The van der Waals surface area contributed by atoms with Gasteiger partial charge < -0.3 is 15.5 Å². The topological polar surface area (TPSA) is 61.4 Å². The largest absolute Gasteiger partial charge is 0.367 e. The number of carbonyl (C=O) groups excluding carboxylic acids is 2. The fraction of sp³-hybridized carbons (Fsp3) is 0.500. The van der Waals surface area contributed by atoms with Gasteiger partial charge in [-0.25, -0.2) is 8.78 Å². The Labute approximate surface area is 156 Å². The van der Waals surface area contributed by atoms with Crippen LogP contribution in [0.25, 0.3) is 0 Å². The van der Waals surface area contributed by atoms with Crippen molar-refractivity contribution in [3.05, 3.63) is 40.6 Å². The van der Waals surface area contributed by atoms with Crippen molar-refractivity contribution in [2.24, 2.45) is 0 Å². The lowest BCUT2D eigenvalue weighted by molar-refractivity contribution is -0.123. The van der Waals surface area contributed by atoms with Crippen molar-refractivity contribution in [3.8, 4) is 0 Å². The molecule has 2 heterocycles. The van der Waals surface area contributed by atoms with Gasteiger partial charge in [-0.15, -0.1) is 0 Å². The van der Waals surface area contributed by atoms with E-state index in [0.29, 0.717) is 31.6 Å². The summed E-state index contributed by atoms with van der Waals surface area (Å²) in [6.07, 6.45) is 3.08. The van der Waals surface area contributed by atoms with Crippen LogP contribution in [0, 0.1) is 11.6 Å². The summed E-state index contributed by atoms with van der Waals surface area (Å²) < 4.78 is 29.5. The number of rotatable bonds is 3. The Morgan fingerprint density at radius 3 is 2.37 bits per heavy atom. The van der Waals surface area contributed by atoms with E-state index in [2.05, 4.69) is 10.6 Å². The van der Waals surface area contributed by atoms with Crippen molar-refractivity contribution in [2.45, 2.75) is 51.0 Å². The molecule has 1 aliphatic carbocycles. The van der Waals surface area contributed by atoms with Crippen molar-refractivity contribution in [1.29, 1.82) is 0 Å². The molecule has 27 heavy (non-hydrogen) atoms. The quantitative estimate of drug-likeness (QED) is 0.854. The van der Waals surface area contributed by atoms with Gasteiger partial charge in [0.05, 0.1) is 11.5 Å². The first kappa shape index (κ1) is 17.9. The van der Waals surface area contributed by atoms with Crippen LogP contribution >= 0.6 is 0 Å². The van der Waals surface area contributed by atoms with Crippen molar-refractivity contribution in [3.63, 3.8) is 0 Å². The lowest BCUT2D eigenvalue weighted by Gasteiger charge is -2.49. The Bertz CT molecular complexity index is 830. The van der Waals surface area contributed by atoms with Crippen molar-refractivity contribution in [2.75, 3.05) is 18.0 Å².